The first kappa shape index (κ1) is 11.6. The molecule has 0 fully saturated rings. The van der Waals surface area contributed by atoms with Crippen molar-refractivity contribution in [2.24, 2.45) is 0 Å². The molecule has 2 rings (SSSR count). The first-order chi connectivity index (χ1) is 8.28. The summed E-state index contributed by atoms with van der Waals surface area (Å²) in [5.41, 5.74) is 1.94. The number of aryl methyl sites for hydroxylation is 2. The second-order valence-electron chi connectivity index (χ2n) is 3.93. The summed E-state index contributed by atoms with van der Waals surface area (Å²) in [6.45, 7) is 4.62. The Hall–Kier alpha value is -1.91. The van der Waals surface area contributed by atoms with Crippen molar-refractivity contribution in [3.8, 4) is 0 Å². The first-order valence-corrected chi connectivity index (χ1v) is 5.75. The molecule has 0 spiro atoms. The lowest BCUT2D eigenvalue weighted by Crippen LogP contribution is -2.02. The molecule has 0 aliphatic heterocycles. The highest BCUT2D eigenvalue weighted by atomic mass is 16.5. The van der Waals surface area contributed by atoms with Gasteiger partial charge in [0.15, 0.2) is 5.76 Å². The molecule has 0 saturated carbocycles. The average Bonchev–Trinajstić information content (AvgIpc) is 2.74. The quantitative estimate of drug-likeness (QED) is 0.857. The summed E-state index contributed by atoms with van der Waals surface area (Å²) in [6.07, 6.45) is 3.63. The van der Waals surface area contributed by atoms with Gasteiger partial charge in [-0.15, -0.1) is 0 Å². The van der Waals surface area contributed by atoms with Crippen LogP contribution in [0.3, 0.4) is 0 Å². The van der Waals surface area contributed by atoms with Crippen molar-refractivity contribution in [2.75, 3.05) is 5.32 Å². The molecule has 5 nitrogen and oxygen atoms in total. The molecule has 2 heterocycles. The highest BCUT2D eigenvalue weighted by Gasteiger charge is 2.02. The first-order valence-electron chi connectivity index (χ1n) is 5.75. The molecule has 17 heavy (non-hydrogen) atoms. The van der Waals surface area contributed by atoms with E-state index in [1.165, 1.54) is 0 Å². The number of hydrogen-bond acceptors (Lipinski definition) is 5. The third-order valence-electron chi connectivity index (χ3n) is 2.35. The van der Waals surface area contributed by atoms with E-state index in [0.29, 0.717) is 6.54 Å². The molecular weight excluding hydrogens is 216 g/mol. The minimum atomic E-state index is 0.587. The standard InChI is InChI=1S/C12H16N4O/c1-3-4-10-6-12(15-8-14-10)13-7-11-5-9(2)16-17-11/h5-6,8H,3-4,7H2,1-2H3,(H,13,14,15). The number of hydrogen-bond donors (Lipinski definition) is 1. The Morgan fingerprint density at radius 1 is 1.29 bits per heavy atom. The maximum atomic E-state index is 5.11. The smallest absolute Gasteiger partial charge is 0.156 e. The van der Waals surface area contributed by atoms with Gasteiger partial charge in [-0.1, -0.05) is 18.5 Å². The molecule has 0 saturated heterocycles. The van der Waals surface area contributed by atoms with Crippen LogP contribution in [0, 0.1) is 6.92 Å². The fraction of sp³-hybridized carbons (Fsp3) is 0.417. The lowest BCUT2D eigenvalue weighted by Gasteiger charge is -2.04. The molecule has 0 radical (unpaired) electrons. The van der Waals surface area contributed by atoms with Crippen molar-refractivity contribution in [3.05, 3.63) is 35.6 Å². The number of aromatic nitrogens is 3. The predicted molar refractivity (Wildman–Crippen MR) is 64.6 cm³/mol. The Bertz CT molecular complexity index is 481. The van der Waals surface area contributed by atoms with Crippen LogP contribution in [0.25, 0.3) is 0 Å². The van der Waals surface area contributed by atoms with Crippen LogP contribution in [0.4, 0.5) is 5.82 Å². The van der Waals surface area contributed by atoms with E-state index in [-0.39, 0.29) is 0 Å². The lowest BCUT2D eigenvalue weighted by molar-refractivity contribution is 0.384. The van der Waals surface area contributed by atoms with E-state index >= 15 is 0 Å². The summed E-state index contributed by atoms with van der Waals surface area (Å²) in [5, 5.41) is 7.02. The van der Waals surface area contributed by atoms with Gasteiger partial charge in [0, 0.05) is 17.8 Å². The maximum absolute atomic E-state index is 5.11. The van der Waals surface area contributed by atoms with Crippen LogP contribution in [-0.2, 0) is 13.0 Å². The Labute approximate surface area is 100 Å². The van der Waals surface area contributed by atoms with E-state index < -0.39 is 0 Å². The van der Waals surface area contributed by atoms with E-state index in [1.807, 2.05) is 19.1 Å². The van der Waals surface area contributed by atoms with Gasteiger partial charge in [0.2, 0.25) is 0 Å². The lowest BCUT2D eigenvalue weighted by atomic mass is 10.2. The molecule has 0 unspecified atom stereocenters. The molecule has 0 aliphatic carbocycles. The molecule has 90 valence electrons. The average molecular weight is 232 g/mol. The molecule has 2 aromatic rings. The van der Waals surface area contributed by atoms with Gasteiger partial charge >= 0.3 is 0 Å². The molecule has 5 heteroatoms. The van der Waals surface area contributed by atoms with Gasteiger partial charge in [-0.2, -0.15) is 0 Å². The summed E-state index contributed by atoms with van der Waals surface area (Å²) in [5.74, 6) is 1.62. The zero-order valence-electron chi connectivity index (χ0n) is 10.1. The van der Waals surface area contributed by atoms with Crippen LogP contribution in [0.2, 0.25) is 0 Å². The maximum Gasteiger partial charge on any atom is 0.156 e. The van der Waals surface area contributed by atoms with E-state index in [4.69, 9.17) is 4.52 Å². The van der Waals surface area contributed by atoms with Crippen LogP contribution < -0.4 is 5.32 Å². The minimum Gasteiger partial charge on any atom is -0.363 e. The minimum absolute atomic E-state index is 0.587. The van der Waals surface area contributed by atoms with Crippen LogP contribution >= 0.6 is 0 Å². The zero-order valence-corrected chi connectivity index (χ0v) is 10.1. The SMILES string of the molecule is CCCc1cc(NCc2cc(C)no2)ncn1. The summed E-state index contributed by atoms with van der Waals surface area (Å²) in [7, 11) is 0. The number of anilines is 1. The van der Waals surface area contributed by atoms with Crippen LogP contribution in [-0.4, -0.2) is 15.1 Å². The van der Waals surface area contributed by atoms with Gasteiger partial charge in [0.1, 0.15) is 12.1 Å². The Morgan fingerprint density at radius 2 is 2.18 bits per heavy atom. The van der Waals surface area contributed by atoms with Gasteiger partial charge in [-0.3, -0.25) is 0 Å². The van der Waals surface area contributed by atoms with E-state index in [1.54, 1.807) is 6.33 Å². The van der Waals surface area contributed by atoms with Gasteiger partial charge in [0.05, 0.1) is 12.2 Å². The van der Waals surface area contributed by atoms with E-state index in [2.05, 4.69) is 27.4 Å². The molecule has 0 amide bonds. The summed E-state index contributed by atoms with van der Waals surface area (Å²) in [6, 6.07) is 3.87. The molecule has 0 bridgehead atoms. The molecule has 0 atom stereocenters. The Balaban J connectivity index is 1.96. The predicted octanol–water partition coefficient (Wildman–Crippen LogP) is 2.34. The monoisotopic (exact) mass is 232 g/mol. The third kappa shape index (κ3) is 3.27. The normalized spacial score (nSPS) is 10.5. The summed E-state index contributed by atoms with van der Waals surface area (Å²) in [4.78, 5) is 8.36. The highest BCUT2D eigenvalue weighted by molar-refractivity contribution is 5.35. The van der Waals surface area contributed by atoms with Crippen molar-refractivity contribution in [3.63, 3.8) is 0 Å². The van der Waals surface area contributed by atoms with Crippen LogP contribution in [0.15, 0.2) is 23.0 Å². The van der Waals surface area contributed by atoms with Crippen molar-refractivity contribution in [1.29, 1.82) is 0 Å². The molecule has 2 aromatic heterocycles. The topological polar surface area (TPSA) is 63.8 Å². The molecule has 0 aromatic carbocycles. The van der Waals surface area contributed by atoms with E-state index in [0.717, 1.165) is 35.8 Å². The molecular formula is C12H16N4O. The summed E-state index contributed by atoms with van der Waals surface area (Å²) >= 11 is 0. The van der Waals surface area contributed by atoms with Gasteiger partial charge < -0.3 is 9.84 Å². The van der Waals surface area contributed by atoms with Crippen molar-refractivity contribution in [2.45, 2.75) is 33.2 Å². The van der Waals surface area contributed by atoms with Gasteiger partial charge in [0.25, 0.3) is 0 Å². The highest BCUT2D eigenvalue weighted by Crippen LogP contribution is 2.09. The Kier molecular flexibility index (Phi) is 3.69. The summed E-state index contributed by atoms with van der Waals surface area (Å²) < 4.78 is 5.11. The fourth-order valence-corrected chi connectivity index (χ4v) is 1.56. The Morgan fingerprint density at radius 3 is 2.88 bits per heavy atom. The van der Waals surface area contributed by atoms with Crippen molar-refractivity contribution >= 4 is 5.82 Å². The van der Waals surface area contributed by atoms with E-state index in [9.17, 15) is 0 Å². The van der Waals surface area contributed by atoms with Crippen molar-refractivity contribution in [1.82, 2.24) is 15.1 Å². The number of rotatable bonds is 5. The van der Waals surface area contributed by atoms with Crippen LogP contribution in [0.5, 0.6) is 0 Å². The van der Waals surface area contributed by atoms with Gasteiger partial charge in [-0.05, 0) is 13.3 Å². The van der Waals surface area contributed by atoms with Crippen molar-refractivity contribution < 1.29 is 4.52 Å². The second kappa shape index (κ2) is 5.43. The third-order valence-corrected chi connectivity index (χ3v) is 2.35. The molecule has 0 aliphatic rings. The number of nitrogens with zero attached hydrogens (tertiary/aromatic N) is 3. The second-order valence-corrected chi connectivity index (χ2v) is 3.93. The van der Waals surface area contributed by atoms with Crippen LogP contribution in [0.1, 0.15) is 30.5 Å². The molecule has 1 N–H and O–H groups in total. The fourth-order valence-electron chi connectivity index (χ4n) is 1.56. The number of nitrogens with one attached hydrogen (secondary N) is 1. The van der Waals surface area contributed by atoms with Gasteiger partial charge in [-0.25, -0.2) is 9.97 Å². The zero-order chi connectivity index (χ0) is 12.1. The largest absolute Gasteiger partial charge is 0.363 e.